The van der Waals surface area contributed by atoms with Crippen LogP contribution in [0.15, 0.2) is 6.07 Å². The van der Waals surface area contributed by atoms with E-state index in [9.17, 15) is 0 Å². The van der Waals surface area contributed by atoms with Crippen molar-refractivity contribution in [2.75, 3.05) is 0 Å². The fourth-order valence-electron chi connectivity index (χ4n) is 1.56. The van der Waals surface area contributed by atoms with Gasteiger partial charge in [-0.3, -0.25) is 0 Å². The van der Waals surface area contributed by atoms with E-state index in [1.54, 1.807) is 0 Å². The molecule has 0 amide bonds. The van der Waals surface area contributed by atoms with Crippen molar-refractivity contribution in [3.05, 3.63) is 22.7 Å². The number of rotatable bonds is 2. The van der Waals surface area contributed by atoms with Crippen LogP contribution in [-0.2, 0) is 6.42 Å². The average Bonchev–Trinajstić information content (AvgIpc) is 2.00. The van der Waals surface area contributed by atoms with Gasteiger partial charge in [-0.15, -0.1) is 0 Å². The summed E-state index contributed by atoms with van der Waals surface area (Å²) in [6, 6.07) is 1.91. The standard InChI is InChI=1S/C10H13ClN2/c1-2-10-12-8(6-9(11)13-10)7-4-3-5-7/h6-7H,2-5H2,1H3. The van der Waals surface area contributed by atoms with Crippen molar-refractivity contribution in [2.24, 2.45) is 0 Å². The summed E-state index contributed by atoms with van der Waals surface area (Å²) < 4.78 is 0. The van der Waals surface area contributed by atoms with Crippen LogP contribution in [0.2, 0.25) is 5.15 Å². The minimum absolute atomic E-state index is 0.591. The summed E-state index contributed by atoms with van der Waals surface area (Å²) in [7, 11) is 0. The summed E-state index contributed by atoms with van der Waals surface area (Å²) in [5.41, 5.74) is 1.14. The molecule has 0 atom stereocenters. The lowest BCUT2D eigenvalue weighted by Gasteiger charge is -2.24. The fourth-order valence-corrected chi connectivity index (χ4v) is 1.76. The zero-order valence-corrected chi connectivity index (χ0v) is 8.51. The average molecular weight is 197 g/mol. The molecule has 1 aliphatic rings. The molecule has 70 valence electrons. The van der Waals surface area contributed by atoms with Gasteiger partial charge >= 0.3 is 0 Å². The monoisotopic (exact) mass is 196 g/mol. The fraction of sp³-hybridized carbons (Fsp3) is 0.600. The Kier molecular flexibility index (Phi) is 2.49. The van der Waals surface area contributed by atoms with E-state index < -0.39 is 0 Å². The van der Waals surface area contributed by atoms with E-state index in [1.165, 1.54) is 19.3 Å². The van der Waals surface area contributed by atoms with Gasteiger partial charge in [0.2, 0.25) is 0 Å². The van der Waals surface area contributed by atoms with Crippen molar-refractivity contribution in [1.82, 2.24) is 9.97 Å². The lowest BCUT2D eigenvalue weighted by atomic mass is 9.83. The molecule has 2 rings (SSSR count). The number of halogens is 1. The predicted octanol–water partition coefficient (Wildman–Crippen LogP) is 2.96. The molecular formula is C10H13ClN2. The molecule has 1 heterocycles. The number of aryl methyl sites for hydroxylation is 1. The van der Waals surface area contributed by atoms with E-state index in [2.05, 4.69) is 16.9 Å². The highest BCUT2D eigenvalue weighted by atomic mass is 35.5. The maximum Gasteiger partial charge on any atom is 0.133 e. The molecule has 0 unspecified atom stereocenters. The number of hydrogen-bond acceptors (Lipinski definition) is 2. The van der Waals surface area contributed by atoms with Gasteiger partial charge in [0.15, 0.2) is 0 Å². The van der Waals surface area contributed by atoms with Gasteiger partial charge in [-0.05, 0) is 18.9 Å². The van der Waals surface area contributed by atoms with Gasteiger partial charge in [-0.25, -0.2) is 9.97 Å². The lowest BCUT2D eigenvalue weighted by molar-refractivity contribution is 0.409. The van der Waals surface area contributed by atoms with Gasteiger partial charge in [0.25, 0.3) is 0 Å². The second-order valence-electron chi connectivity index (χ2n) is 3.51. The maximum atomic E-state index is 5.90. The molecular weight excluding hydrogens is 184 g/mol. The summed E-state index contributed by atoms with van der Waals surface area (Å²) in [5.74, 6) is 1.51. The molecule has 0 spiro atoms. The summed E-state index contributed by atoms with van der Waals surface area (Å²) in [5, 5.41) is 0.591. The molecule has 13 heavy (non-hydrogen) atoms. The van der Waals surface area contributed by atoms with Crippen LogP contribution in [0.5, 0.6) is 0 Å². The topological polar surface area (TPSA) is 25.8 Å². The van der Waals surface area contributed by atoms with E-state index in [0.29, 0.717) is 11.1 Å². The highest BCUT2D eigenvalue weighted by Crippen LogP contribution is 2.35. The Morgan fingerprint density at radius 1 is 1.46 bits per heavy atom. The molecule has 0 saturated heterocycles. The van der Waals surface area contributed by atoms with E-state index in [-0.39, 0.29) is 0 Å². The molecule has 3 heteroatoms. The third-order valence-corrected chi connectivity index (χ3v) is 2.79. The number of hydrogen-bond donors (Lipinski definition) is 0. The molecule has 1 aliphatic carbocycles. The highest BCUT2D eigenvalue weighted by molar-refractivity contribution is 6.29. The minimum atomic E-state index is 0.591. The van der Waals surface area contributed by atoms with Crippen molar-refractivity contribution < 1.29 is 0 Å². The summed E-state index contributed by atoms with van der Waals surface area (Å²) >= 11 is 5.90. The first kappa shape index (κ1) is 8.95. The third-order valence-electron chi connectivity index (χ3n) is 2.60. The van der Waals surface area contributed by atoms with E-state index in [4.69, 9.17) is 11.6 Å². The van der Waals surface area contributed by atoms with Gasteiger partial charge in [0, 0.05) is 18.0 Å². The van der Waals surface area contributed by atoms with Gasteiger partial charge in [-0.2, -0.15) is 0 Å². The molecule has 0 aliphatic heterocycles. The Hall–Kier alpha value is -0.630. The first-order valence-corrected chi connectivity index (χ1v) is 5.20. The van der Waals surface area contributed by atoms with Crippen molar-refractivity contribution >= 4 is 11.6 Å². The van der Waals surface area contributed by atoms with Crippen LogP contribution in [0, 0.1) is 0 Å². The maximum absolute atomic E-state index is 5.90. The van der Waals surface area contributed by atoms with Gasteiger partial charge in [0.1, 0.15) is 11.0 Å². The van der Waals surface area contributed by atoms with Crippen LogP contribution in [0.3, 0.4) is 0 Å². The molecule has 1 fully saturated rings. The van der Waals surface area contributed by atoms with Crippen molar-refractivity contribution in [3.63, 3.8) is 0 Å². The Morgan fingerprint density at radius 3 is 2.77 bits per heavy atom. The zero-order chi connectivity index (χ0) is 9.26. The van der Waals surface area contributed by atoms with Crippen molar-refractivity contribution in [3.8, 4) is 0 Å². The van der Waals surface area contributed by atoms with E-state index >= 15 is 0 Å². The van der Waals surface area contributed by atoms with Crippen molar-refractivity contribution in [2.45, 2.75) is 38.5 Å². The van der Waals surface area contributed by atoms with E-state index in [1.807, 2.05) is 6.07 Å². The zero-order valence-electron chi connectivity index (χ0n) is 7.76. The first-order chi connectivity index (χ1) is 6.29. The van der Waals surface area contributed by atoms with Crippen molar-refractivity contribution in [1.29, 1.82) is 0 Å². The largest absolute Gasteiger partial charge is 0.238 e. The van der Waals surface area contributed by atoms with Gasteiger partial charge in [0.05, 0.1) is 0 Å². The van der Waals surface area contributed by atoms with Crippen LogP contribution in [-0.4, -0.2) is 9.97 Å². The summed E-state index contributed by atoms with van der Waals surface area (Å²) in [4.78, 5) is 8.63. The Balaban J connectivity index is 2.28. The number of aromatic nitrogens is 2. The molecule has 0 N–H and O–H groups in total. The highest BCUT2D eigenvalue weighted by Gasteiger charge is 2.21. The molecule has 0 bridgehead atoms. The third kappa shape index (κ3) is 1.83. The molecule has 2 nitrogen and oxygen atoms in total. The molecule has 1 saturated carbocycles. The Bertz CT molecular complexity index is 308. The molecule has 1 aromatic rings. The molecule has 0 radical (unpaired) electrons. The van der Waals surface area contributed by atoms with Gasteiger partial charge < -0.3 is 0 Å². The van der Waals surface area contributed by atoms with Crippen LogP contribution < -0.4 is 0 Å². The summed E-state index contributed by atoms with van der Waals surface area (Å²) in [6.45, 7) is 2.05. The van der Waals surface area contributed by atoms with Crippen LogP contribution in [0.4, 0.5) is 0 Å². The Labute approximate surface area is 83.4 Å². The normalized spacial score (nSPS) is 17.1. The summed E-state index contributed by atoms with van der Waals surface area (Å²) in [6.07, 6.45) is 4.71. The second kappa shape index (κ2) is 3.62. The smallest absolute Gasteiger partial charge is 0.133 e. The number of nitrogens with zero attached hydrogens (tertiary/aromatic N) is 2. The van der Waals surface area contributed by atoms with Crippen LogP contribution >= 0.6 is 11.6 Å². The second-order valence-corrected chi connectivity index (χ2v) is 3.90. The lowest BCUT2D eigenvalue weighted by Crippen LogP contribution is -2.12. The molecule has 1 aromatic heterocycles. The van der Waals surface area contributed by atoms with Crippen LogP contribution in [0.1, 0.15) is 43.6 Å². The van der Waals surface area contributed by atoms with E-state index in [0.717, 1.165) is 17.9 Å². The minimum Gasteiger partial charge on any atom is -0.238 e. The quantitative estimate of drug-likeness (QED) is 0.680. The van der Waals surface area contributed by atoms with Gasteiger partial charge in [-0.1, -0.05) is 24.9 Å². The Morgan fingerprint density at radius 2 is 2.23 bits per heavy atom. The SMILES string of the molecule is CCc1nc(Cl)cc(C2CCC2)n1. The molecule has 0 aromatic carbocycles. The predicted molar refractivity (Wildman–Crippen MR) is 53.0 cm³/mol. The first-order valence-electron chi connectivity index (χ1n) is 4.83. The van der Waals surface area contributed by atoms with Crippen LogP contribution in [0.25, 0.3) is 0 Å².